The van der Waals surface area contributed by atoms with Crippen LogP contribution in [0.2, 0.25) is 10.0 Å². The normalized spacial score (nSPS) is 11.2. The van der Waals surface area contributed by atoms with Gasteiger partial charge in [0.1, 0.15) is 5.82 Å². The fraction of sp³-hybridized carbons (Fsp3) is 0.250. The molecule has 1 amide bonds. The van der Waals surface area contributed by atoms with Gasteiger partial charge in [0, 0.05) is 31.4 Å². The number of hydrogen-bond donors (Lipinski definition) is 2. The number of carbonyl (C=O) groups is 1. The summed E-state index contributed by atoms with van der Waals surface area (Å²) in [6.07, 6.45) is -3.48. The van der Waals surface area contributed by atoms with Crippen molar-refractivity contribution >= 4 is 40.6 Å². The molecule has 0 aliphatic heterocycles. The van der Waals surface area contributed by atoms with E-state index in [1.807, 2.05) is 0 Å². The maximum Gasteiger partial charge on any atom is 0.417 e. The van der Waals surface area contributed by atoms with E-state index < -0.39 is 22.6 Å². The first-order valence-corrected chi connectivity index (χ1v) is 8.54. The van der Waals surface area contributed by atoms with Gasteiger partial charge in [-0.25, -0.2) is 4.98 Å². The van der Waals surface area contributed by atoms with Crippen LogP contribution in [0.3, 0.4) is 0 Å². The molecule has 0 saturated carbocycles. The van der Waals surface area contributed by atoms with Crippen molar-refractivity contribution in [3.63, 3.8) is 0 Å². The second-order valence-corrected chi connectivity index (χ2v) is 6.32. The summed E-state index contributed by atoms with van der Waals surface area (Å²) in [5, 5.41) is 16.0. The van der Waals surface area contributed by atoms with Gasteiger partial charge in [-0.15, -0.1) is 0 Å². The number of carbonyl (C=O) groups excluding carboxylic acids is 1. The van der Waals surface area contributed by atoms with E-state index in [0.29, 0.717) is 12.6 Å². The summed E-state index contributed by atoms with van der Waals surface area (Å²) < 4.78 is 37.7. The van der Waals surface area contributed by atoms with Gasteiger partial charge in [-0.2, -0.15) is 13.2 Å². The van der Waals surface area contributed by atoms with Gasteiger partial charge in [0.25, 0.3) is 11.6 Å². The van der Waals surface area contributed by atoms with Gasteiger partial charge in [0.15, 0.2) is 0 Å². The zero-order chi connectivity index (χ0) is 20.9. The average molecular weight is 437 g/mol. The number of hydrogen-bond acceptors (Lipinski definition) is 5. The number of anilines is 1. The topological polar surface area (TPSA) is 97.2 Å². The smallest absolute Gasteiger partial charge is 0.369 e. The lowest BCUT2D eigenvalue weighted by Gasteiger charge is -2.11. The largest absolute Gasteiger partial charge is 0.417 e. The molecular formula is C16H13Cl2F3N4O3. The lowest BCUT2D eigenvalue weighted by molar-refractivity contribution is -0.384. The molecule has 7 nitrogen and oxygen atoms in total. The van der Waals surface area contributed by atoms with Crippen LogP contribution < -0.4 is 10.6 Å². The van der Waals surface area contributed by atoms with Crippen LogP contribution in [0.1, 0.15) is 22.3 Å². The lowest BCUT2D eigenvalue weighted by atomic mass is 10.2. The van der Waals surface area contributed by atoms with E-state index in [9.17, 15) is 28.1 Å². The van der Waals surface area contributed by atoms with Crippen molar-refractivity contribution in [2.75, 3.05) is 18.4 Å². The number of pyridine rings is 1. The molecule has 12 heteroatoms. The number of benzene rings is 1. The number of halogens is 5. The van der Waals surface area contributed by atoms with Crippen molar-refractivity contribution in [2.45, 2.75) is 12.6 Å². The fourth-order valence-corrected chi connectivity index (χ4v) is 2.55. The molecule has 1 heterocycles. The number of alkyl halides is 3. The molecule has 0 aliphatic rings. The number of nitrogens with one attached hydrogen (secondary N) is 2. The number of rotatable bonds is 7. The number of aromatic nitrogens is 1. The number of nitro benzene ring substituents is 1. The first-order valence-electron chi connectivity index (χ1n) is 7.78. The van der Waals surface area contributed by atoms with Crippen molar-refractivity contribution in [1.82, 2.24) is 10.3 Å². The predicted molar refractivity (Wildman–Crippen MR) is 97.8 cm³/mol. The Morgan fingerprint density at radius 1 is 1.18 bits per heavy atom. The molecular weight excluding hydrogens is 424 g/mol. The van der Waals surface area contributed by atoms with Crippen LogP contribution in [0.5, 0.6) is 0 Å². The van der Waals surface area contributed by atoms with Gasteiger partial charge in [-0.3, -0.25) is 14.9 Å². The number of nitrogens with zero attached hydrogens (tertiary/aromatic N) is 2. The Morgan fingerprint density at radius 3 is 2.50 bits per heavy atom. The molecule has 0 spiro atoms. The summed E-state index contributed by atoms with van der Waals surface area (Å²) in [7, 11) is 0. The van der Waals surface area contributed by atoms with E-state index in [0.717, 1.165) is 12.1 Å². The monoisotopic (exact) mass is 436 g/mol. The highest BCUT2D eigenvalue weighted by Gasteiger charge is 2.31. The summed E-state index contributed by atoms with van der Waals surface area (Å²) in [6.45, 7) is 0.449. The lowest BCUT2D eigenvalue weighted by Crippen LogP contribution is -2.26. The molecule has 1 aromatic carbocycles. The molecule has 0 fully saturated rings. The standard InChI is InChI=1S/C16H13Cl2F3N4O3/c17-12-3-2-10(25(27)28)7-11(12)15(26)23-5-1-4-22-14-13(18)6-9(8-24-14)16(19,20)21/h2-3,6-8H,1,4-5H2,(H,22,24)(H,23,26). The van der Waals surface area contributed by atoms with E-state index in [-0.39, 0.29) is 40.2 Å². The Balaban J connectivity index is 1.84. The first kappa shape index (κ1) is 21.7. The van der Waals surface area contributed by atoms with Gasteiger partial charge < -0.3 is 10.6 Å². The van der Waals surface area contributed by atoms with Crippen LogP contribution in [0, 0.1) is 10.1 Å². The summed E-state index contributed by atoms with van der Waals surface area (Å²) >= 11 is 11.7. The minimum Gasteiger partial charge on any atom is -0.369 e. The molecule has 2 rings (SSSR count). The van der Waals surface area contributed by atoms with E-state index >= 15 is 0 Å². The third kappa shape index (κ3) is 5.70. The Bertz CT molecular complexity index is 894. The number of nitro groups is 1. The van der Waals surface area contributed by atoms with Crippen LogP contribution in [-0.2, 0) is 6.18 Å². The highest BCUT2D eigenvalue weighted by molar-refractivity contribution is 6.34. The summed E-state index contributed by atoms with van der Waals surface area (Å²) in [5.41, 5.74) is -1.25. The van der Waals surface area contributed by atoms with Crippen LogP contribution >= 0.6 is 23.2 Å². The molecule has 150 valence electrons. The number of non-ortho nitro benzene ring substituents is 1. The maximum absolute atomic E-state index is 12.6. The SMILES string of the molecule is O=C(NCCCNc1ncc(C(F)(F)F)cc1Cl)c1cc([N+](=O)[O-])ccc1Cl. The second-order valence-electron chi connectivity index (χ2n) is 5.51. The van der Waals surface area contributed by atoms with E-state index in [2.05, 4.69) is 15.6 Å². The maximum atomic E-state index is 12.6. The van der Waals surface area contributed by atoms with Gasteiger partial charge in [0.2, 0.25) is 0 Å². The first-order chi connectivity index (χ1) is 13.1. The molecule has 0 saturated heterocycles. The summed E-state index contributed by atoms with van der Waals surface area (Å²) in [5.74, 6) is -0.498. The van der Waals surface area contributed by atoms with Crippen LogP contribution in [0.4, 0.5) is 24.7 Å². The van der Waals surface area contributed by atoms with Gasteiger partial charge in [-0.05, 0) is 18.6 Å². The third-order valence-corrected chi connectivity index (χ3v) is 4.12. The molecule has 28 heavy (non-hydrogen) atoms. The zero-order valence-electron chi connectivity index (χ0n) is 14.0. The molecule has 0 aliphatic carbocycles. The minimum absolute atomic E-state index is 0.0312. The van der Waals surface area contributed by atoms with Crippen molar-refractivity contribution in [3.8, 4) is 0 Å². The van der Waals surface area contributed by atoms with Crippen molar-refractivity contribution < 1.29 is 22.9 Å². The zero-order valence-corrected chi connectivity index (χ0v) is 15.5. The molecule has 0 bridgehead atoms. The average Bonchev–Trinajstić information content (AvgIpc) is 2.61. The Kier molecular flexibility index (Phi) is 7.03. The van der Waals surface area contributed by atoms with Crippen LogP contribution in [0.25, 0.3) is 0 Å². The Hall–Kier alpha value is -2.59. The Labute approximate surface area is 167 Å². The molecule has 2 aromatic rings. The predicted octanol–water partition coefficient (Wildman–Crippen LogP) is 4.55. The van der Waals surface area contributed by atoms with Crippen molar-refractivity contribution in [1.29, 1.82) is 0 Å². The summed E-state index contributed by atoms with van der Waals surface area (Å²) in [4.78, 5) is 25.8. The van der Waals surface area contributed by atoms with Crippen LogP contribution in [-0.4, -0.2) is 28.9 Å². The van der Waals surface area contributed by atoms with Gasteiger partial charge in [-0.1, -0.05) is 23.2 Å². The minimum atomic E-state index is -4.53. The Morgan fingerprint density at radius 2 is 1.89 bits per heavy atom. The quantitative estimate of drug-likeness (QED) is 0.377. The van der Waals surface area contributed by atoms with Gasteiger partial charge in [0.05, 0.1) is 26.1 Å². The van der Waals surface area contributed by atoms with Crippen molar-refractivity contribution in [3.05, 3.63) is 61.7 Å². The van der Waals surface area contributed by atoms with Crippen LogP contribution in [0.15, 0.2) is 30.5 Å². The summed E-state index contributed by atoms with van der Waals surface area (Å²) in [6, 6.07) is 4.28. The van der Waals surface area contributed by atoms with E-state index in [1.54, 1.807) is 0 Å². The molecule has 0 atom stereocenters. The molecule has 1 aromatic heterocycles. The second kappa shape index (κ2) is 9.07. The van der Waals surface area contributed by atoms with Gasteiger partial charge >= 0.3 is 6.18 Å². The molecule has 0 radical (unpaired) electrons. The fourth-order valence-electron chi connectivity index (χ4n) is 2.12. The number of amides is 1. The molecule has 0 unspecified atom stereocenters. The highest BCUT2D eigenvalue weighted by Crippen LogP contribution is 2.32. The third-order valence-electron chi connectivity index (χ3n) is 3.51. The van der Waals surface area contributed by atoms with E-state index in [1.165, 1.54) is 12.1 Å². The highest BCUT2D eigenvalue weighted by atomic mass is 35.5. The molecule has 2 N–H and O–H groups in total. The van der Waals surface area contributed by atoms with Crippen molar-refractivity contribution in [2.24, 2.45) is 0 Å². The van der Waals surface area contributed by atoms with E-state index in [4.69, 9.17) is 23.2 Å².